The van der Waals surface area contributed by atoms with Gasteiger partial charge in [-0.05, 0) is 39.0 Å². The fraction of sp³-hybridized carbons (Fsp3) is 0.222. The zero-order valence-electron chi connectivity index (χ0n) is 13.2. The Hall–Kier alpha value is -2.14. The molecular formula is C18H17BrN2O2. The molecule has 0 N–H and O–H groups in total. The third-order valence-electron chi connectivity index (χ3n) is 3.26. The highest BCUT2D eigenvalue weighted by Crippen LogP contribution is 2.30. The van der Waals surface area contributed by atoms with Crippen LogP contribution in [0.3, 0.4) is 0 Å². The van der Waals surface area contributed by atoms with E-state index in [1.54, 1.807) is 0 Å². The second-order valence-corrected chi connectivity index (χ2v) is 7.18. The highest BCUT2D eigenvalue weighted by atomic mass is 79.9. The Kier molecular flexibility index (Phi) is 3.98. The molecule has 0 saturated heterocycles. The summed E-state index contributed by atoms with van der Waals surface area (Å²) >= 11 is 3.48. The van der Waals surface area contributed by atoms with Crippen molar-refractivity contribution in [2.45, 2.75) is 26.4 Å². The van der Waals surface area contributed by atoms with Gasteiger partial charge in [0.15, 0.2) is 0 Å². The standard InChI is InChI=1S/C18H17BrN2O2/c1-18(2,3)23-17(22)21-15-10-9-13(19)11-14(15)16(20-21)12-7-5-4-6-8-12/h4-11H,1-3H3. The molecule has 0 bridgehead atoms. The average molecular weight is 373 g/mol. The first kappa shape index (κ1) is 15.7. The van der Waals surface area contributed by atoms with E-state index in [4.69, 9.17) is 4.74 Å². The Balaban J connectivity index is 2.19. The molecule has 1 aromatic heterocycles. The smallest absolute Gasteiger partial charge is 0.435 e. The van der Waals surface area contributed by atoms with Gasteiger partial charge in [0.2, 0.25) is 0 Å². The van der Waals surface area contributed by atoms with Crippen LogP contribution in [0.4, 0.5) is 4.79 Å². The number of halogens is 1. The first-order valence-electron chi connectivity index (χ1n) is 7.32. The normalized spacial score (nSPS) is 11.7. The molecule has 0 aliphatic heterocycles. The summed E-state index contributed by atoms with van der Waals surface area (Å²) in [5, 5.41) is 5.41. The Morgan fingerprint density at radius 3 is 2.48 bits per heavy atom. The number of hydrogen-bond donors (Lipinski definition) is 0. The molecule has 4 nitrogen and oxygen atoms in total. The quantitative estimate of drug-likeness (QED) is 0.585. The van der Waals surface area contributed by atoms with Crippen LogP contribution >= 0.6 is 15.9 Å². The maximum atomic E-state index is 12.5. The topological polar surface area (TPSA) is 44.1 Å². The summed E-state index contributed by atoms with van der Waals surface area (Å²) in [6, 6.07) is 15.5. The summed E-state index contributed by atoms with van der Waals surface area (Å²) in [7, 11) is 0. The summed E-state index contributed by atoms with van der Waals surface area (Å²) in [6.07, 6.45) is -0.480. The lowest BCUT2D eigenvalue weighted by atomic mass is 10.1. The van der Waals surface area contributed by atoms with E-state index in [2.05, 4.69) is 21.0 Å². The molecule has 0 amide bonds. The van der Waals surface area contributed by atoms with Crippen molar-refractivity contribution in [2.24, 2.45) is 0 Å². The molecule has 2 aromatic carbocycles. The largest absolute Gasteiger partial charge is 0.442 e. The van der Waals surface area contributed by atoms with E-state index in [0.29, 0.717) is 0 Å². The van der Waals surface area contributed by atoms with Gasteiger partial charge in [0.05, 0.1) is 5.52 Å². The summed E-state index contributed by atoms with van der Waals surface area (Å²) in [6.45, 7) is 5.52. The van der Waals surface area contributed by atoms with Gasteiger partial charge in [-0.1, -0.05) is 46.3 Å². The highest BCUT2D eigenvalue weighted by Gasteiger charge is 2.22. The second-order valence-electron chi connectivity index (χ2n) is 6.27. The van der Waals surface area contributed by atoms with Crippen molar-refractivity contribution in [3.05, 3.63) is 53.0 Å². The molecule has 0 atom stereocenters. The van der Waals surface area contributed by atoms with Gasteiger partial charge in [0.1, 0.15) is 11.3 Å². The third-order valence-corrected chi connectivity index (χ3v) is 3.75. The first-order valence-corrected chi connectivity index (χ1v) is 8.11. The van der Waals surface area contributed by atoms with Gasteiger partial charge in [0, 0.05) is 15.4 Å². The number of aromatic nitrogens is 2. The zero-order chi connectivity index (χ0) is 16.6. The van der Waals surface area contributed by atoms with Crippen LogP contribution in [-0.2, 0) is 4.74 Å². The molecule has 23 heavy (non-hydrogen) atoms. The predicted molar refractivity (Wildman–Crippen MR) is 94.5 cm³/mol. The number of carbonyl (C=O) groups is 1. The molecule has 0 radical (unpaired) electrons. The van der Waals surface area contributed by atoms with E-state index in [9.17, 15) is 4.79 Å². The van der Waals surface area contributed by atoms with Crippen LogP contribution in [0.25, 0.3) is 22.2 Å². The van der Waals surface area contributed by atoms with Gasteiger partial charge < -0.3 is 4.74 Å². The van der Waals surface area contributed by atoms with E-state index in [1.807, 2.05) is 69.3 Å². The minimum atomic E-state index is -0.572. The van der Waals surface area contributed by atoms with E-state index < -0.39 is 11.7 Å². The van der Waals surface area contributed by atoms with Crippen molar-refractivity contribution in [1.29, 1.82) is 0 Å². The van der Waals surface area contributed by atoms with Gasteiger partial charge in [-0.15, -0.1) is 0 Å². The summed E-state index contributed by atoms with van der Waals surface area (Å²) in [5.74, 6) is 0. The highest BCUT2D eigenvalue weighted by molar-refractivity contribution is 9.10. The number of benzene rings is 2. The van der Waals surface area contributed by atoms with Crippen molar-refractivity contribution < 1.29 is 9.53 Å². The maximum absolute atomic E-state index is 12.5. The summed E-state index contributed by atoms with van der Waals surface area (Å²) in [5.41, 5.74) is 1.87. The predicted octanol–water partition coefficient (Wildman–Crippen LogP) is 5.25. The molecule has 0 aliphatic rings. The molecule has 3 aromatic rings. The lowest BCUT2D eigenvalue weighted by Gasteiger charge is -2.19. The van der Waals surface area contributed by atoms with Crippen LogP contribution in [-0.4, -0.2) is 21.5 Å². The van der Waals surface area contributed by atoms with Crippen molar-refractivity contribution in [1.82, 2.24) is 9.78 Å². The van der Waals surface area contributed by atoms with Gasteiger partial charge in [0.25, 0.3) is 0 Å². The van der Waals surface area contributed by atoms with Crippen molar-refractivity contribution in [3.63, 3.8) is 0 Å². The third kappa shape index (κ3) is 3.29. The molecule has 0 spiro atoms. The molecule has 3 rings (SSSR count). The van der Waals surface area contributed by atoms with Crippen molar-refractivity contribution in [3.8, 4) is 11.3 Å². The number of hydrogen-bond acceptors (Lipinski definition) is 3. The van der Waals surface area contributed by atoms with E-state index in [0.717, 1.165) is 26.6 Å². The number of rotatable bonds is 1. The summed E-state index contributed by atoms with van der Waals surface area (Å²) < 4.78 is 7.73. The Labute approximate surface area is 143 Å². The Morgan fingerprint density at radius 1 is 1.13 bits per heavy atom. The molecular weight excluding hydrogens is 356 g/mol. The minimum Gasteiger partial charge on any atom is -0.442 e. The molecule has 0 aliphatic carbocycles. The van der Waals surface area contributed by atoms with Crippen LogP contribution in [0.5, 0.6) is 0 Å². The van der Waals surface area contributed by atoms with Crippen LogP contribution < -0.4 is 0 Å². The molecule has 5 heteroatoms. The van der Waals surface area contributed by atoms with E-state index >= 15 is 0 Å². The van der Waals surface area contributed by atoms with Gasteiger partial charge in [-0.3, -0.25) is 0 Å². The fourth-order valence-corrected chi connectivity index (χ4v) is 2.71. The van der Waals surface area contributed by atoms with E-state index in [1.165, 1.54) is 4.68 Å². The molecule has 1 heterocycles. The fourth-order valence-electron chi connectivity index (χ4n) is 2.34. The van der Waals surface area contributed by atoms with Crippen LogP contribution in [0.1, 0.15) is 20.8 Å². The van der Waals surface area contributed by atoms with Gasteiger partial charge in [-0.25, -0.2) is 4.79 Å². The Bertz CT molecular complexity index is 864. The molecule has 0 unspecified atom stereocenters. The maximum Gasteiger partial charge on any atom is 0.435 e. The minimum absolute atomic E-state index is 0.480. The monoisotopic (exact) mass is 372 g/mol. The zero-order valence-corrected chi connectivity index (χ0v) is 14.8. The van der Waals surface area contributed by atoms with Gasteiger partial charge >= 0.3 is 6.09 Å². The first-order chi connectivity index (χ1) is 10.8. The van der Waals surface area contributed by atoms with Crippen LogP contribution in [0, 0.1) is 0 Å². The second kappa shape index (κ2) is 5.81. The number of nitrogens with zero attached hydrogens (tertiary/aromatic N) is 2. The van der Waals surface area contributed by atoms with Gasteiger partial charge in [-0.2, -0.15) is 9.78 Å². The van der Waals surface area contributed by atoms with Crippen molar-refractivity contribution >= 4 is 32.9 Å². The molecule has 118 valence electrons. The summed E-state index contributed by atoms with van der Waals surface area (Å²) in [4.78, 5) is 12.5. The SMILES string of the molecule is CC(C)(C)OC(=O)n1nc(-c2ccccc2)c2cc(Br)ccc21. The number of ether oxygens (including phenoxy) is 1. The average Bonchev–Trinajstić information content (AvgIpc) is 2.85. The Morgan fingerprint density at radius 2 is 1.83 bits per heavy atom. The molecule has 0 fully saturated rings. The lowest BCUT2D eigenvalue weighted by Crippen LogP contribution is -2.27. The number of carbonyl (C=O) groups excluding carboxylic acids is 1. The van der Waals surface area contributed by atoms with Crippen LogP contribution in [0.2, 0.25) is 0 Å². The van der Waals surface area contributed by atoms with E-state index in [-0.39, 0.29) is 0 Å². The molecule has 0 saturated carbocycles. The lowest BCUT2D eigenvalue weighted by molar-refractivity contribution is 0.0523. The van der Waals surface area contributed by atoms with Crippen LogP contribution in [0.15, 0.2) is 53.0 Å². The van der Waals surface area contributed by atoms with Crippen molar-refractivity contribution in [2.75, 3.05) is 0 Å². The number of fused-ring (bicyclic) bond motifs is 1.